The number of aromatic nitrogens is 1. The third-order valence-corrected chi connectivity index (χ3v) is 8.53. The molecule has 6 nitrogen and oxygen atoms in total. The van der Waals surface area contributed by atoms with E-state index >= 15 is 0 Å². The molecule has 8 heteroatoms. The van der Waals surface area contributed by atoms with Gasteiger partial charge in [-0.25, -0.2) is 4.98 Å². The molecule has 2 rings (SSSR count). The highest BCUT2D eigenvalue weighted by Crippen LogP contribution is 2.31. The van der Waals surface area contributed by atoms with Crippen molar-refractivity contribution in [2.24, 2.45) is 11.3 Å². The Morgan fingerprint density at radius 1 is 1.29 bits per heavy atom. The van der Waals surface area contributed by atoms with Crippen molar-refractivity contribution in [1.82, 2.24) is 4.98 Å². The summed E-state index contributed by atoms with van der Waals surface area (Å²) in [5.74, 6) is -1.42. The normalized spacial score (nSPS) is 29.9. The number of carbonyl (C=O) groups excluding carboxylic acids is 2. The average Bonchev–Trinajstić information content (AvgIpc) is 3.24. The minimum absolute atomic E-state index is 0.246. The van der Waals surface area contributed by atoms with Gasteiger partial charge in [0.25, 0.3) is 0 Å². The Morgan fingerprint density at radius 3 is 2.65 bits per heavy atom. The van der Waals surface area contributed by atoms with Crippen molar-refractivity contribution in [3.8, 4) is 0 Å². The molecule has 0 aliphatic carbocycles. The first-order valence-corrected chi connectivity index (χ1v) is 14.0. The number of hydrogen-bond acceptors (Lipinski definition) is 8. The number of cyclic esters (lactones) is 1. The van der Waals surface area contributed by atoms with Crippen LogP contribution in [0.15, 0.2) is 26.9 Å². The number of nitrogens with zero attached hydrogens (tertiary/aromatic N) is 1. The van der Waals surface area contributed by atoms with Crippen LogP contribution in [0.5, 0.6) is 0 Å². The zero-order chi connectivity index (χ0) is 25.5. The van der Waals surface area contributed by atoms with E-state index in [1.165, 1.54) is 5.57 Å². The molecular formula is C26H39NO5S2. The molecule has 0 aromatic carbocycles. The molecule has 1 aliphatic heterocycles. The van der Waals surface area contributed by atoms with Crippen LogP contribution in [0.1, 0.15) is 78.8 Å². The van der Waals surface area contributed by atoms with Crippen LogP contribution < -0.4 is 0 Å². The van der Waals surface area contributed by atoms with Crippen molar-refractivity contribution < 1.29 is 24.5 Å². The molecule has 2 heterocycles. The number of allylic oxidation sites excluding steroid dienone is 1. The van der Waals surface area contributed by atoms with Crippen LogP contribution in [0.4, 0.5) is 0 Å². The lowest BCUT2D eigenvalue weighted by atomic mass is 9.74. The number of Topliss-reactive ketones (excluding diaryl/α,β-unsaturated/α-hetero) is 1. The molecule has 0 fully saturated rings. The molecule has 1 aromatic heterocycles. The van der Waals surface area contributed by atoms with Gasteiger partial charge < -0.3 is 14.9 Å². The summed E-state index contributed by atoms with van der Waals surface area (Å²) in [6.07, 6.45) is 6.92. The molecule has 0 bridgehead atoms. The summed E-state index contributed by atoms with van der Waals surface area (Å²) in [4.78, 5) is 30.4. The van der Waals surface area contributed by atoms with E-state index in [2.05, 4.69) is 18.0 Å². The van der Waals surface area contributed by atoms with E-state index in [1.807, 2.05) is 24.6 Å². The standard InChI is InChI=1S/C26H39NO5S2/c1-16-9-7-8-10-20(28)18(3)24(31)26(4,5)22(29)14-23(30)32-21(12-11-16)17(2)13-19-15-34-25(27-19)33-6/h11,13,15,18,20-22,28-29H,7-10,12,14H2,1-6H3/b16-11+,17-13+/t18-,20+,21?,22+/m1/s1. The smallest absolute Gasteiger partial charge is 0.309 e. The Kier molecular flexibility index (Phi) is 11.0. The van der Waals surface area contributed by atoms with Gasteiger partial charge in [0.2, 0.25) is 0 Å². The summed E-state index contributed by atoms with van der Waals surface area (Å²) in [5.41, 5.74) is 1.72. The van der Waals surface area contributed by atoms with Crippen molar-refractivity contribution >= 4 is 40.9 Å². The lowest BCUT2D eigenvalue weighted by Crippen LogP contribution is -2.44. The minimum atomic E-state index is -1.21. The molecule has 2 N–H and O–H groups in total. The van der Waals surface area contributed by atoms with Crippen molar-refractivity contribution in [2.45, 2.75) is 95.8 Å². The second-order valence-corrected chi connectivity index (χ2v) is 11.7. The third-order valence-electron chi connectivity index (χ3n) is 6.65. The fourth-order valence-electron chi connectivity index (χ4n) is 4.05. The Hall–Kier alpha value is -1.48. The molecule has 0 spiro atoms. The quantitative estimate of drug-likeness (QED) is 0.318. The van der Waals surface area contributed by atoms with Crippen LogP contribution >= 0.6 is 23.1 Å². The molecule has 34 heavy (non-hydrogen) atoms. The number of rotatable bonds is 3. The van der Waals surface area contributed by atoms with Gasteiger partial charge in [-0.1, -0.05) is 50.6 Å². The fourth-order valence-corrected chi connectivity index (χ4v) is 5.27. The van der Waals surface area contributed by atoms with E-state index in [0.717, 1.165) is 34.9 Å². The molecule has 0 saturated heterocycles. The van der Waals surface area contributed by atoms with Gasteiger partial charge in [-0.3, -0.25) is 9.59 Å². The Bertz CT molecular complexity index is 905. The molecule has 1 unspecified atom stereocenters. The van der Waals surface area contributed by atoms with Crippen molar-refractivity contribution in [1.29, 1.82) is 0 Å². The number of thiazole rings is 1. The average molecular weight is 510 g/mol. The van der Waals surface area contributed by atoms with Crippen molar-refractivity contribution in [3.05, 3.63) is 28.3 Å². The topological polar surface area (TPSA) is 96.7 Å². The van der Waals surface area contributed by atoms with E-state index in [-0.39, 0.29) is 12.2 Å². The summed E-state index contributed by atoms with van der Waals surface area (Å²) in [6.45, 7) is 8.92. The zero-order valence-electron chi connectivity index (χ0n) is 21.2. The maximum atomic E-state index is 13.0. The van der Waals surface area contributed by atoms with Gasteiger partial charge in [0, 0.05) is 17.7 Å². The first kappa shape index (κ1) is 28.8. The van der Waals surface area contributed by atoms with E-state index in [9.17, 15) is 19.8 Å². The van der Waals surface area contributed by atoms with Crippen LogP contribution in [0.2, 0.25) is 0 Å². The second kappa shape index (κ2) is 13.0. The van der Waals surface area contributed by atoms with E-state index in [4.69, 9.17) is 4.74 Å². The molecule has 0 radical (unpaired) electrons. The number of esters is 1. The Morgan fingerprint density at radius 2 is 2.00 bits per heavy atom. The number of carbonyl (C=O) groups is 2. The number of ether oxygens (including phenoxy) is 1. The van der Waals surface area contributed by atoms with Gasteiger partial charge in [0.05, 0.1) is 29.7 Å². The minimum Gasteiger partial charge on any atom is -0.457 e. The van der Waals surface area contributed by atoms with Crippen molar-refractivity contribution in [2.75, 3.05) is 6.26 Å². The van der Waals surface area contributed by atoms with Gasteiger partial charge in [-0.05, 0) is 51.0 Å². The predicted molar refractivity (Wildman–Crippen MR) is 139 cm³/mol. The van der Waals surface area contributed by atoms with E-state index < -0.39 is 35.6 Å². The predicted octanol–water partition coefficient (Wildman–Crippen LogP) is 5.43. The zero-order valence-corrected chi connectivity index (χ0v) is 22.8. The van der Waals surface area contributed by atoms with Gasteiger partial charge in [-0.2, -0.15) is 0 Å². The van der Waals surface area contributed by atoms with E-state index in [1.54, 1.807) is 43.9 Å². The number of aliphatic hydroxyl groups excluding tert-OH is 2. The number of thioether (sulfide) groups is 1. The molecular weight excluding hydrogens is 470 g/mol. The van der Waals surface area contributed by atoms with Gasteiger partial charge in [0.1, 0.15) is 16.2 Å². The largest absolute Gasteiger partial charge is 0.457 e. The first-order chi connectivity index (χ1) is 15.9. The first-order valence-electron chi connectivity index (χ1n) is 11.9. The highest BCUT2D eigenvalue weighted by Gasteiger charge is 2.41. The summed E-state index contributed by atoms with van der Waals surface area (Å²) >= 11 is 3.16. The molecule has 0 saturated carbocycles. The van der Waals surface area contributed by atoms with Crippen LogP contribution in [0.3, 0.4) is 0 Å². The molecule has 190 valence electrons. The molecule has 0 amide bonds. The van der Waals surface area contributed by atoms with Crippen LogP contribution in [0.25, 0.3) is 6.08 Å². The number of aliphatic hydroxyl groups is 2. The monoisotopic (exact) mass is 509 g/mol. The van der Waals surface area contributed by atoms with Gasteiger partial charge in [-0.15, -0.1) is 11.3 Å². The number of ketones is 1. The van der Waals surface area contributed by atoms with Crippen molar-refractivity contribution in [3.63, 3.8) is 0 Å². The fraction of sp³-hybridized carbons (Fsp3) is 0.654. The number of hydrogen-bond donors (Lipinski definition) is 2. The second-order valence-electron chi connectivity index (χ2n) is 9.80. The summed E-state index contributed by atoms with van der Waals surface area (Å²) in [5, 5.41) is 23.3. The van der Waals surface area contributed by atoms with Crippen LogP contribution in [0, 0.1) is 11.3 Å². The molecule has 1 aliphatic rings. The van der Waals surface area contributed by atoms with Gasteiger partial charge in [0.15, 0.2) is 0 Å². The Labute approximate surface area is 211 Å². The summed E-state index contributed by atoms with van der Waals surface area (Å²) < 4.78 is 6.78. The highest BCUT2D eigenvalue weighted by atomic mass is 32.2. The maximum Gasteiger partial charge on any atom is 0.309 e. The maximum absolute atomic E-state index is 13.0. The van der Waals surface area contributed by atoms with E-state index in [0.29, 0.717) is 12.8 Å². The van der Waals surface area contributed by atoms with Crippen LogP contribution in [-0.4, -0.2) is 51.5 Å². The molecule has 1 aromatic rings. The lowest BCUT2D eigenvalue weighted by molar-refractivity contribution is -0.153. The van der Waals surface area contributed by atoms with Gasteiger partial charge >= 0.3 is 5.97 Å². The lowest BCUT2D eigenvalue weighted by Gasteiger charge is -2.33. The van der Waals surface area contributed by atoms with Crippen LogP contribution in [-0.2, 0) is 14.3 Å². The highest BCUT2D eigenvalue weighted by molar-refractivity contribution is 8.00. The SMILES string of the molecule is CSc1nc(/C=C(\C)C2C/C=C(\C)CCCC[C@H](O)[C@@H](C)C(=O)C(C)(C)[C@@H](O)CC(=O)O2)cs1. The Balaban J connectivity index is 2.29. The summed E-state index contributed by atoms with van der Waals surface area (Å²) in [7, 11) is 0. The summed E-state index contributed by atoms with van der Waals surface area (Å²) in [6, 6.07) is 0. The molecule has 4 atom stereocenters. The third kappa shape index (κ3) is 8.04.